The van der Waals surface area contributed by atoms with Crippen LogP contribution >= 0.6 is 12.6 Å². The predicted octanol–water partition coefficient (Wildman–Crippen LogP) is 1.04. The van der Waals surface area contributed by atoms with Crippen LogP contribution in [0.15, 0.2) is 0 Å². The van der Waals surface area contributed by atoms with E-state index in [1.807, 2.05) is 6.92 Å². The molecule has 0 bridgehead atoms. The van der Waals surface area contributed by atoms with Crippen LogP contribution < -0.4 is 0 Å². The van der Waals surface area contributed by atoms with Crippen molar-refractivity contribution >= 4 is 18.4 Å². The van der Waals surface area contributed by atoms with Gasteiger partial charge in [0.1, 0.15) is 5.78 Å². The Kier molecular flexibility index (Phi) is 5.73. The van der Waals surface area contributed by atoms with Crippen molar-refractivity contribution in [3.05, 3.63) is 0 Å². The normalized spacial score (nSPS) is 13.1. The lowest BCUT2D eigenvalue weighted by molar-refractivity contribution is -0.118. The van der Waals surface area contributed by atoms with Gasteiger partial charge < -0.3 is 5.11 Å². The van der Waals surface area contributed by atoms with Gasteiger partial charge in [-0.15, -0.1) is 0 Å². The second-order valence-electron chi connectivity index (χ2n) is 2.34. The molecule has 0 spiro atoms. The number of aliphatic hydroxyl groups is 1. The maximum absolute atomic E-state index is 10.7. The minimum absolute atomic E-state index is 0.0179. The molecule has 1 N–H and O–H groups in total. The molecule has 10 heavy (non-hydrogen) atoms. The number of ketones is 1. The van der Waals surface area contributed by atoms with Crippen LogP contribution in [0, 0.1) is 0 Å². The molecule has 60 valence electrons. The molecule has 1 atom stereocenters. The van der Waals surface area contributed by atoms with Crippen molar-refractivity contribution in [3.63, 3.8) is 0 Å². The number of carbonyl (C=O) groups excluding carboxylic acids is 1. The molecule has 0 aliphatic carbocycles. The Morgan fingerprint density at radius 1 is 1.70 bits per heavy atom. The molecule has 0 saturated heterocycles. The van der Waals surface area contributed by atoms with Crippen molar-refractivity contribution in [1.29, 1.82) is 0 Å². The van der Waals surface area contributed by atoms with E-state index in [0.717, 1.165) is 6.42 Å². The van der Waals surface area contributed by atoms with Gasteiger partial charge in [0.2, 0.25) is 0 Å². The zero-order valence-corrected chi connectivity index (χ0v) is 7.10. The Bertz CT molecular complexity index is 104. The second kappa shape index (κ2) is 5.74. The van der Waals surface area contributed by atoms with Gasteiger partial charge in [-0.2, -0.15) is 12.6 Å². The fourth-order valence-electron chi connectivity index (χ4n) is 0.763. The molecule has 3 heteroatoms. The number of Topliss-reactive ketones (excluding diaryl/α,β-unsaturated/α-hetero) is 1. The van der Waals surface area contributed by atoms with Crippen molar-refractivity contribution in [3.8, 4) is 0 Å². The summed E-state index contributed by atoms with van der Waals surface area (Å²) in [5, 5.41) is 9.10. The third-order valence-corrected chi connectivity index (χ3v) is 1.61. The average Bonchev–Trinajstić information content (AvgIpc) is 1.88. The van der Waals surface area contributed by atoms with Gasteiger partial charge in [-0.25, -0.2) is 0 Å². The van der Waals surface area contributed by atoms with E-state index in [0.29, 0.717) is 6.42 Å². The van der Waals surface area contributed by atoms with Crippen molar-refractivity contribution in [1.82, 2.24) is 0 Å². The summed E-state index contributed by atoms with van der Waals surface area (Å²) in [6, 6.07) is 0. The highest BCUT2D eigenvalue weighted by atomic mass is 32.1. The summed E-state index contributed by atoms with van der Waals surface area (Å²) in [5.74, 6) is 0.255. The van der Waals surface area contributed by atoms with Gasteiger partial charge in [0.15, 0.2) is 0 Å². The van der Waals surface area contributed by atoms with Gasteiger partial charge in [0.05, 0.1) is 6.10 Å². The lowest BCUT2D eigenvalue weighted by atomic mass is 10.1. The van der Waals surface area contributed by atoms with Gasteiger partial charge in [-0.05, 0) is 6.42 Å². The third kappa shape index (κ3) is 4.82. The smallest absolute Gasteiger partial charge is 0.145 e. The molecule has 0 saturated carbocycles. The summed E-state index contributed by atoms with van der Waals surface area (Å²) in [7, 11) is 0. The summed E-state index contributed by atoms with van der Waals surface area (Å²) >= 11 is 3.80. The number of rotatable bonds is 5. The largest absolute Gasteiger partial charge is 0.393 e. The van der Waals surface area contributed by atoms with Gasteiger partial charge in [-0.1, -0.05) is 13.3 Å². The standard InChI is InChI=1S/C7H14O2S/c1-2-3-6(8)4-7(9)5-10/h6,8,10H,2-5H2,1H3. The minimum atomic E-state index is -0.454. The van der Waals surface area contributed by atoms with Crippen LogP contribution in [0.5, 0.6) is 0 Å². The number of hydrogen-bond donors (Lipinski definition) is 2. The lowest BCUT2D eigenvalue weighted by Crippen LogP contribution is -2.13. The van der Waals surface area contributed by atoms with Crippen LogP contribution in [0.3, 0.4) is 0 Å². The molecule has 0 aromatic heterocycles. The zero-order chi connectivity index (χ0) is 7.98. The summed E-state index contributed by atoms with van der Waals surface area (Å²) in [4.78, 5) is 10.7. The van der Waals surface area contributed by atoms with E-state index in [1.54, 1.807) is 0 Å². The summed E-state index contributed by atoms with van der Waals surface area (Å²) in [6.07, 6.45) is 1.43. The first-order valence-electron chi connectivity index (χ1n) is 3.51. The molecule has 0 aliphatic heterocycles. The van der Waals surface area contributed by atoms with Crippen molar-refractivity contribution in [2.24, 2.45) is 0 Å². The van der Waals surface area contributed by atoms with Gasteiger partial charge >= 0.3 is 0 Å². The molecule has 0 radical (unpaired) electrons. The van der Waals surface area contributed by atoms with E-state index in [9.17, 15) is 4.79 Å². The van der Waals surface area contributed by atoms with E-state index < -0.39 is 6.10 Å². The molecular weight excluding hydrogens is 148 g/mol. The summed E-state index contributed by atoms with van der Waals surface area (Å²) in [5.41, 5.74) is 0. The van der Waals surface area contributed by atoms with Crippen molar-refractivity contribution < 1.29 is 9.90 Å². The van der Waals surface area contributed by atoms with Crippen LogP contribution in [0.25, 0.3) is 0 Å². The topological polar surface area (TPSA) is 37.3 Å². The fourth-order valence-corrected chi connectivity index (χ4v) is 0.892. The molecule has 0 aromatic carbocycles. The van der Waals surface area contributed by atoms with Crippen LogP contribution in [-0.2, 0) is 4.79 Å². The van der Waals surface area contributed by atoms with Gasteiger partial charge in [0, 0.05) is 12.2 Å². The van der Waals surface area contributed by atoms with Gasteiger partial charge in [-0.3, -0.25) is 4.79 Å². The first-order valence-corrected chi connectivity index (χ1v) is 4.14. The maximum Gasteiger partial charge on any atom is 0.145 e. The molecule has 2 nitrogen and oxygen atoms in total. The molecule has 0 heterocycles. The highest BCUT2D eigenvalue weighted by molar-refractivity contribution is 7.81. The first-order chi connectivity index (χ1) is 4.70. The summed E-state index contributed by atoms with van der Waals surface area (Å²) < 4.78 is 0. The monoisotopic (exact) mass is 162 g/mol. The van der Waals surface area contributed by atoms with Crippen molar-refractivity contribution in [2.45, 2.75) is 32.3 Å². The Morgan fingerprint density at radius 2 is 2.30 bits per heavy atom. The molecule has 0 aliphatic rings. The fraction of sp³-hybridized carbons (Fsp3) is 0.857. The SMILES string of the molecule is CCCC(O)CC(=O)CS. The Morgan fingerprint density at radius 3 is 2.70 bits per heavy atom. The Balaban J connectivity index is 3.37. The molecular formula is C7H14O2S. The van der Waals surface area contributed by atoms with Crippen LogP contribution in [0.4, 0.5) is 0 Å². The molecule has 0 amide bonds. The number of hydrogen-bond acceptors (Lipinski definition) is 3. The van der Waals surface area contributed by atoms with Crippen LogP contribution in [-0.4, -0.2) is 22.7 Å². The van der Waals surface area contributed by atoms with E-state index >= 15 is 0 Å². The molecule has 1 unspecified atom stereocenters. The molecule has 0 aromatic rings. The minimum Gasteiger partial charge on any atom is -0.393 e. The molecule has 0 rings (SSSR count). The van der Waals surface area contributed by atoms with E-state index in [4.69, 9.17) is 5.11 Å². The Hall–Kier alpha value is -0.0200. The molecule has 0 fully saturated rings. The zero-order valence-electron chi connectivity index (χ0n) is 6.21. The second-order valence-corrected chi connectivity index (χ2v) is 2.66. The highest BCUT2D eigenvalue weighted by Crippen LogP contribution is 2.01. The summed E-state index contributed by atoms with van der Waals surface area (Å²) in [6.45, 7) is 1.98. The third-order valence-electron chi connectivity index (χ3n) is 1.26. The van der Waals surface area contributed by atoms with Crippen LogP contribution in [0.1, 0.15) is 26.2 Å². The lowest BCUT2D eigenvalue weighted by Gasteiger charge is -2.05. The quantitative estimate of drug-likeness (QED) is 0.593. The number of thiol groups is 1. The van der Waals surface area contributed by atoms with Crippen LogP contribution in [0.2, 0.25) is 0 Å². The van der Waals surface area contributed by atoms with Gasteiger partial charge in [0.25, 0.3) is 0 Å². The highest BCUT2D eigenvalue weighted by Gasteiger charge is 2.07. The van der Waals surface area contributed by atoms with Crippen molar-refractivity contribution in [2.75, 3.05) is 5.75 Å². The van der Waals surface area contributed by atoms with E-state index in [1.165, 1.54) is 0 Å². The first kappa shape index (κ1) is 9.98. The van der Waals surface area contributed by atoms with E-state index in [2.05, 4.69) is 12.6 Å². The Labute approximate surface area is 67.0 Å². The number of carbonyl (C=O) groups is 1. The van der Waals surface area contributed by atoms with E-state index in [-0.39, 0.29) is 18.0 Å². The maximum atomic E-state index is 10.7. The average molecular weight is 162 g/mol. The number of aliphatic hydroxyl groups excluding tert-OH is 1. The predicted molar refractivity (Wildman–Crippen MR) is 44.4 cm³/mol.